The first-order valence-electron chi connectivity index (χ1n) is 35.9. The molecule has 0 spiro atoms. The van der Waals surface area contributed by atoms with Crippen LogP contribution >= 0.6 is 0 Å². The Hall–Kier alpha value is -26.8. The molecule has 2 N–H and O–H groups in total. The average Bonchev–Trinajstić information content (AvgIpc) is 0.733. The smallest absolute Gasteiger partial charge is 0.367 e. The molecule has 135 heavy (non-hydrogen) atoms. The van der Waals surface area contributed by atoms with E-state index in [-0.39, 0.29) is 0 Å². The zero-order chi connectivity index (χ0) is 94.9. The average molecular weight is 1670 g/mol. The lowest BCUT2D eigenvalue weighted by molar-refractivity contribution is -0.153. The number of rotatable bonds is 6. The molecule has 0 fully saturated rings. The number of ether oxygens (including phenoxy) is 2. The van der Waals surface area contributed by atoms with Crippen molar-refractivity contribution in [2.24, 2.45) is 20.5 Å². The Morgan fingerprint density at radius 2 is 0.385 bits per heavy atom. The van der Waals surface area contributed by atoms with Gasteiger partial charge in [0.2, 0.25) is 0 Å². The van der Waals surface area contributed by atoms with Crippen LogP contribution in [0.3, 0.4) is 0 Å². The first-order valence-corrected chi connectivity index (χ1v) is 35.9. The van der Waals surface area contributed by atoms with Gasteiger partial charge < -0.3 is 20.1 Å². The third-order valence-electron chi connectivity index (χ3n) is 12.5. The van der Waals surface area contributed by atoms with Crippen LogP contribution in [0.2, 0.25) is 0 Å². The Morgan fingerprint density at radius 3 is 0.622 bits per heavy atom. The number of hydrogen-bond acceptors (Lipinski definition) is 10. The van der Waals surface area contributed by atoms with E-state index in [0.717, 1.165) is 10.8 Å². The molecule has 0 saturated carbocycles. The molecular formula is C125H20N6O4. The van der Waals surface area contributed by atoms with Gasteiger partial charge in [-0.25, -0.2) is 9.59 Å². The van der Waals surface area contributed by atoms with E-state index in [1.54, 1.807) is 36.4 Å². The zero-order valence-corrected chi connectivity index (χ0v) is 68.3. The summed E-state index contributed by atoms with van der Waals surface area (Å²) in [6, 6.07) is 29.0. The molecule has 5 aromatic carbocycles. The fraction of sp³-hybridized carbons (Fsp3) is 0.00800. The van der Waals surface area contributed by atoms with Crippen LogP contribution in [0.25, 0.3) is 21.5 Å². The third kappa shape index (κ3) is 45.1. The number of nitrogens with zero attached hydrogens (tertiary/aromatic N) is 4. The number of benzene rings is 5. The van der Waals surface area contributed by atoms with Crippen LogP contribution in [-0.4, -0.2) is 17.6 Å². The molecule has 0 aromatic heterocycles. The van der Waals surface area contributed by atoms with E-state index in [1.165, 1.54) is 0 Å². The number of carbonyl (C=O) groups is 2. The normalized spacial score (nSPS) is 6.92. The van der Waals surface area contributed by atoms with Crippen molar-refractivity contribution in [3.8, 4) is 570 Å². The van der Waals surface area contributed by atoms with E-state index >= 15 is 0 Å². The molecule has 0 bridgehead atoms. The van der Waals surface area contributed by atoms with Gasteiger partial charge in [0, 0.05) is 483 Å². The lowest BCUT2D eigenvalue weighted by Gasteiger charge is -2.35. The highest BCUT2D eigenvalue weighted by Crippen LogP contribution is 2.43. The second-order valence-corrected chi connectivity index (χ2v) is 20.8. The second-order valence-electron chi connectivity index (χ2n) is 20.8. The van der Waals surface area contributed by atoms with Gasteiger partial charge in [-0.1, -0.05) is 54.6 Å². The van der Waals surface area contributed by atoms with E-state index in [1.807, 2.05) is 60.7 Å². The number of anilines is 2. The summed E-state index contributed by atoms with van der Waals surface area (Å²) >= 11 is 0. The van der Waals surface area contributed by atoms with Crippen molar-refractivity contribution in [1.82, 2.24) is 0 Å². The quantitative estimate of drug-likeness (QED) is 0.0775. The maximum absolute atomic E-state index is 14.2. The minimum Gasteiger partial charge on any atom is -0.367 e. The molecule has 0 aliphatic carbocycles. The fourth-order valence-corrected chi connectivity index (χ4v) is 7.67. The van der Waals surface area contributed by atoms with Gasteiger partial charge in [0.1, 0.15) is 12.2 Å². The molecule has 1 aliphatic rings. The molecule has 10 heteroatoms. The monoisotopic (exact) mass is 1670 g/mol. The summed E-state index contributed by atoms with van der Waals surface area (Å²) in [6.45, 7) is 0. The lowest BCUT2D eigenvalue weighted by atomic mass is 9.98. The molecule has 5 aromatic rings. The molecule has 1 heterocycles. The largest absolute Gasteiger partial charge is 0.379 e. The molecule has 0 amide bonds. The predicted molar refractivity (Wildman–Crippen MR) is 520 cm³/mol. The molecule has 10 nitrogen and oxygen atoms in total. The Bertz CT molecular complexity index is 9100. The first kappa shape index (κ1) is 97.1. The van der Waals surface area contributed by atoms with Gasteiger partial charge >= 0.3 is 17.6 Å². The van der Waals surface area contributed by atoms with Crippen LogP contribution in [0.4, 0.5) is 34.1 Å². The molecule has 0 unspecified atom stereocenters. The van der Waals surface area contributed by atoms with Crippen LogP contribution < -0.4 is 10.6 Å². The Labute approximate surface area is 785 Å². The van der Waals surface area contributed by atoms with Gasteiger partial charge in [-0.3, -0.25) is 0 Å². The van der Waals surface area contributed by atoms with Gasteiger partial charge in [-0.15, -0.1) is 28.2 Å². The molecule has 1 aliphatic heterocycles. The number of hydrogen-bond donors (Lipinski definition) is 2. The van der Waals surface area contributed by atoms with E-state index in [0.29, 0.717) is 44.9 Å². The topological polar surface area (TPSA) is 126 Å². The molecule has 0 atom stereocenters. The standard InChI is InChI=1S/C125H20N6O4/c1-3-5-7-9-11-13-15-17-19-21-23-25-27-29-31-33-35-37-39-41-43-45-47-49-51-53-55-57-59-61-63-65-67-69-71-73-75-77-79-81-83-85-87-89-91-98-111-134-123(132)125(126-120-106-100-105-116-119(109-110-121(127-125)122(116)120)131-130-118-108-107-117(114-103-96-97-104-115(114)118)129-128-113-101-94-93-95-102-113)124(133)135-112-99-92-90-88-86-84-82-80-78-76-74-72-70-68-66-64-62-60-58-56-54-52-50-48-46-44-42-40-38-36-34-32-30-28-26-24-22-20-18-16-14-12-10-8-6-4-2/h1-2,93-97,100-110,126-127H/b129-128+,131-130+. The number of azo groups is 2. The van der Waals surface area contributed by atoms with Crippen molar-refractivity contribution >= 4 is 67.6 Å². The summed E-state index contributed by atoms with van der Waals surface area (Å²) in [6.07, 6.45) is 14.3. The van der Waals surface area contributed by atoms with Crippen molar-refractivity contribution in [3.63, 3.8) is 0 Å². The maximum Gasteiger partial charge on any atom is 0.379 e. The SMILES string of the molecule is C#CC#CC#CC#CC#CC#CC#CC#CC#CC#CC#CC#CC#CC#CC#CC#CC#CC#CC#CC#CC#CC#CC#CC#COC(=O)C1(C(=O)OC#CC#CC#CC#CC#CC#CC#CC#CC#CC#CC#CC#CC#CC#CC#CC#CC#CC#CC#CC#CC#CC#CC#CC#C)Nc2cccc3c(/N=N/c4ccc(/N=N/c5ccccc5)c5ccccc45)ccc(c23)N1. The van der Waals surface area contributed by atoms with Crippen molar-refractivity contribution in [3.05, 3.63) is 97.1 Å². The highest BCUT2D eigenvalue weighted by molar-refractivity contribution is 6.19. The highest BCUT2D eigenvalue weighted by atomic mass is 16.6. The van der Waals surface area contributed by atoms with E-state index in [4.69, 9.17) is 22.3 Å². The molecular weight excluding hydrogens is 1650 g/mol. The maximum atomic E-state index is 14.2. The predicted octanol–water partition coefficient (Wildman–Crippen LogP) is 7.78. The number of esters is 2. The van der Waals surface area contributed by atoms with Gasteiger partial charge in [-0.05, 0) is 137 Å². The van der Waals surface area contributed by atoms with Crippen LogP contribution in [0, 0.1) is 570 Å². The Morgan fingerprint density at radius 1 is 0.200 bits per heavy atom. The van der Waals surface area contributed by atoms with Crippen molar-refractivity contribution in [2.45, 2.75) is 5.66 Å². The summed E-state index contributed by atoms with van der Waals surface area (Å²) in [4.78, 5) is 28.3. The van der Waals surface area contributed by atoms with E-state index in [9.17, 15) is 9.59 Å². The second kappa shape index (κ2) is 68.2. The Kier molecular flexibility index (Phi) is 49.0. The van der Waals surface area contributed by atoms with Gasteiger partial charge in [-0.2, -0.15) is 5.11 Å². The van der Waals surface area contributed by atoms with Crippen molar-refractivity contribution < 1.29 is 19.1 Å². The summed E-state index contributed by atoms with van der Waals surface area (Å²) in [5.41, 5.74) is 0.431. The summed E-state index contributed by atoms with van der Waals surface area (Å²) in [5.74, 6) is 225. The Balaban J connectivity index is 0.999. The molecule has 574 valence electrons. The minimum absolute atomic E-state index is 0.291. The first-order chi connectivity index (χ1) is 67.0. The van der Waals surface area contributed by atoms with Crippen LogP contribution in [0.15, 0.2) is 118 Å². The minimum atomic E-state index is -2.49. The summed E-state index contributed by atoms with van der Waals surface area (Å²) in [7, 11) is 0. The van der Waals surface area contributed by atoms with Crippen molar-refractivity contribution in [1.29, 1.82) is 0 Å². The van der Waals surface area contributed by atoms with Gasteiger partial charge in [0.05, 0.1) is 22.7 Å². The van der Waals surface area contributed by atoms with Crippen LogP contribution in [-0.2, 0) is 19.1 Å². The lowest BCUT2D eigenvalue weighted by Crippen LogP contribution is -2.61. The zero-order valence-electron chi connectivity index (χ0n) is 68.3. The van der Waals surface area contributed by atoms with Gasteiger partial charge in [0.25, 0.3) is 0 Å². The van der Waals surface area contributed by atoms with E-state index < -0.39 is 17.6 Å². The van der Waals surface area contributed by atoms with Crippen LogP contribution in [0.5, 0.6) is 0 Å². The fourth-order valence-electron chi connectivity index (χ4n) is 7.67. The third-order valence-corrected chi connectivity index (χ3v) is 12.5. The summed E-state index contributed by atoms with van der Waals surface area (Å²) in [5, 5.41) is 26.8. The van der Waals surface area contributed by atoms with Crippen LogP contribution in [0.1, 0.15) is 0 Å². The number of fused-ring (bicyclic) bond motifs is 1. The molecule has 6 rings (SSSR count). The molecule has 0 radical (unpaired) electrons. The van der Waals surface area contributed by atoms with Gasteiger partial charge in [0.15, 0.2) is 0 Å². The number of terminal acetylenes is 2. The summed E-state index contributed by atoms with van der Waals surface area (Å²) < 4.78 is 10.6. The van der Waals surface area contributed by atoms with E-state index in [2.05, 4.69) is 588 Å². The van der Waals surface area contributed by atoms with Crippen molar-refractivity contribution in [2.75, 3.05) is 10.6 Å². The number of nitrogens with one attached hydrogen (secondary N) is 2. The highest BCUT2D eigenvalue weighted by Gasteiger charge is 2.53. The number of carbonyl (C=O) groups excluding carboxylic acids is 2. The molecule has 0 saturated heterocycles.